The van der Waals surface area contributed by atoms with Gasteiger partial charge in [0.05, 0.1) is 13.2 Å². The van der Waals surface area contributed by atoms with Crippen LogP contribution in [0.5, 0.6) is 0 Å². The van der Waals surface area contributed by atoms with Crippen molar-refractivity contribution in [1.82, 2.24) is 10.6 Å². The van der Waals surface area contributed by atoms with Gasteiger partial charge in [-0.15, -0.1) is 24.0 Å². The van der Waals surface area contributed by atoms with Crippen LogP contribution in [-0.2, 0) is 11.3 Å². The van der Waals surface area contributed by atoms with E-state index in [1.807, 2.05) is 6.92 Å². The zero-order valence-electron chi connectivity index (χ0n) is 13.3. The topological polar surface area (TPSA) is 45.7 Å². The number of nitrogens with one attached hydrogen (secondary N) is 2. The number of rotatable bonds is 8. The molecule has 0 atom stereocenters. The van der Waals surface area contributed by atoms with Gasteiger partial charge in [0, 0.05) is 25.3 Å². The molecule has 4 nitrogen and oxygen atoms in total. The van der Waals surface area contributed by atoms with Crippen molar-refractivity contribution in [1.29, 1.82) is 0 Å². The van der Waals surface area contributed by atoms with Gasteiger partial charge in [-0.1, -0.05) is 0 Å². The van der Waals surface area contributed by atoms with Gasteiger partial charge in [0.1, 0.15) is 11.6 Å². The molecule has 1 aliphatic carbocycles. The van der Waals surface area contributed by atoms with Crippen molar-refractivity contribution in [2.45, 2.75) is 26.3 Å². The first-order chi connectivity index (χ1) is 10.7. The lowest BCUT2D eigenvalue weighted by Crippen LogP contribution is -2.39. The quantitative estimate of drug-likeness (QED) is 0.283. The highest BCUT2D eigenvalue weighted by Gasteiger charge is 2.20. The van der Waals surface area contributed by atoms with Crippen LogP contribution in [0.25, 0.3) is 0 Å². The van der Waals surface area contributed by atoms with Crippen molar-refractivity contribution >= 4 is 29.9 Å². The van der Waals surface area contributed by atoms with Crippen LogP contribution in [0.2, 0.25) is 0 Å². The van der Waals surface area contributed by atoms with Crippen molar-refractivity contribution in [2.75, 3.05) is 26.3 Å². The molecule has 0 amide bonds. The number of guanidine groups is 1. The first kappa shape index (κ1) is 20.1. The number of benzene rings is 1. The Morgan fingerprint density at radius 3 is 2.78 bits per heavy atom. The highest BCUT2D eigenvalue weighted by molar-refractivity contribution is 14.0. The minimum atomic E-state index is -0.460. The van der Waals surface area contributed by atoms with E-state index in [0.717, 1.165) is 24.7 Å². The molecule has 0 radical (unpaired) electrons. The van der Waals surface area contributed by atoms with E-state index in [1.165, 1.54) is 18.9 Å². The molecule has 2 N–H and O–H groups in total. The number of ether oxygens (including phenoxy) is 1. The van der Waals surface area contributed by atoms with E-state index in [4.69, 9.17) is 4.74 Å². The molecule has 0 bridgehead atoms. The number of hydrogen-bond acceptors (Lipinski definition) is 2. The summed E-state index contributed by atoms with van der Waals surface area (Å²) in [5.41, 5.74) is 0.238. The molecule has 2 rings (SSSR count). The van der Waals surface area contributed by atoms with Gasteiger partial charge < -0.3 is 15.4 Å². The predicted octanol–water partition coefficient (Wildman–Crippen LogP) is 3.06. The maximum absolute atomic E-state index is 13.5. The van der Waals surface area contributed by atoms with E-state index in [0.29, 0.717) is 25.7 Å². The monoisotopic (exact) mass is 439 g/mol. The largest absolute Gasteiger partial charge is 0.379 e. The molecule has 1 aliphatic rings. The molecule has 0 saturated heterocycles. The van der Waals surface area contributed by atoms with Crippen LogP contribution in [0.1, 0.15) is 25.3 Å². The van der Waals surface area contributed by atoms with Crippen LogP contribution in [0, 0.1) is 17.6 Å². The highest BCUT2D eigenvalue weighted by atomic mass is 127. The zero-order valence-corrected chi connectivity index (χ0v) is 15.6. The van der Waals surface area contributed by atoms with E-state index in [-0.39, 0.29) is 36.1 Å². The highest BCUT2D eigenvalue weighted by Crippen LogP contribution is 2.28. The van der Waals surface area contributed by atoms with Crippen LogP contribution >= 0.6 is 24.0 Å². The predicted molar refractivity (Wildman–Crippen MR) is 98.1 cm³/mol. The number of aliphatic imine (C=N–C) groups is 1. The lowest BCUT2D eigenvalue weighted by atomic mass is 10.2. The summed E-state index contributed by atoms with van der Waals surface area (Å²) < 4.78 is 32.2. The van der Waals surface area contributed by atoms with Gasteiger partial charge in [0.25, 0.3) is 0 Å². The summed E-state index contributed by atoms with van der Waals surface area (Å²) in [5, 5.41) is 6.18. The summed E-state index contributed by atoms with van der Waals surface area (Å²) in [4.78, 5) is 4.26. The molecule has 0 unspecified atom stereocenters. The Kier molecular flexibility index (Phi) is 9.39. The molecule has 1 saturated carbocycles. The van der Waals surface area contributed by atoms with Crippen molar-refractivity contribution in [3.8, 4) is 0 Å². The standard InChI is InChI=1S/C16H23F2N3O.HI/c1-2-19-16(20-7-8-22-11-12-3-4-12)21-10-13-9-14(17)5-6-15(13)18;/h5-6,9,12H,2-4,7-8,10-11H2,1H3,(H2,19,20,21);1H. The molecule has 7 heteroatoms. The smallest absolute Gasteiger partial charge is 0.191 e. The molecule has 0 spiro atoms. The van der Waals surface area contributed by atoms with E-state index < -0.39 is 11.6 Å². The maximum Gasteiger partial charge on any atom is 0.191 e. The minimum absolute atomic E-state index is 0. The Labute approximate surface area is 153 Å². The molecular formula is C16H24F2IN3O. The Bertz CT molecular complexity index is 510. The summed E-state index contributed by atoms with van der Waals surface area (Å²) in [7, 11) is 0. The van der Waals surface area contributed by atoms with Crippen molar-refractivity contribution < 1.29 is 13.5 Å². The lowest BCUT2D eigenvalue weighted by molar-refractivity contribution is 0.129. The normalized spacial score (nSPS) is 14.3. The van der Waals surface area contributed by atoms with Gasteiger partial charge in [-0.05, 0) is 43.9 Å². The molecule has 23 heavy (non-hydrogen) atoms. The molecule has 1 aromatic carbocycles. The first-order valence-electron chi connectivity index (χ1n) is 7.73. The van der Waals surface area contributed by atoms with E-state index >= 15 is 0 Å². The van der Waals surface area contributed by atoms with Crippen molar-refractivity contribution in [2.24, 2.45) is 10.9 Å². The average Bonchev–Trinajstić information content (AvgIpc) is 3.31. The summed E-state index contributed by atoms with van der Waals surface area (Å²) in [5.74, 6) is 0.408. The van der Waals surface area contributed by atoms with Crippen molar-refractivity contribution in [3.05, 3.63) is 35.4 Å². The van der Waals surface area contributed by atoms with E-state index in [2.05, 4.69) is 15.6 Å². The molecule has 0 heterocycles. The first-order valence-corrected chi connectivity index (χ1v) is 7.73. The number of halogens is 3. The molecule has 0 aromatic heterocycles. The molecule has 130 valence electrons. The second kappa shape index (κ2) is 10.7. The lowest BCUT2D eigenvalue weighted by Gasteiger charge is -2.11. The second-order valence-electron chi connectivity index (χ2n) is 5.38. The fourth-order valence-electron chi connectivity index (χ4n) is 1.95. The summed E-state index contributed by atoms with van der Waals surface area (Å²) >= 11 is 0. The van der Waals surface area contributed by atoms with Gasteiger partial charge in [-0.3, -0.25) is 0 Å². The molecular weight excluding hydrogens is 415 g/mol. The Morgan fingerprint density at radius 1 is 1.30 bits per heavy atom. The van der Waals surface area contributed by atoms with Gasteiger partial charge in [0.15, 0.2) is 5.96 Å². The van der Waals surface area contributed by atoms with Crippen LogP contribution in [-0.4, -0.2) is 32.3 Å². The van der Waals surface area contributed by atoms with E-state index in [1.54, 1.807) is 0 Å². The van der Waals surface area contributed by atoms with Crippen LogP contribution in [0.15, 0.2) is 23.2 Å². The molecule has 1 aromatic rings. The Morgan fingerprint density at radius 2 is 2.09 bits per heavy atom. The van der Waals surface area contributed by atoms with Crippen LogP contribution in [0.4, 0.5) is 8.78 Å². The summed E-state index contributed by atoms with van der Waals surface area (Å²) in [6.07, 6.45) is 2.55. The third-order valence-electron chi connectivity index (χ3n) is 3.35. The SMILES string of the molecule is CCNC(=NCc1cc(F)ccc1F)NCCOCC1CC1.I. The average molecular weight is 439 g/mol. The van der Waals surface area contributed by atoms with Crippen LogP contribution in [0.3, 0.4) is 0 Å². The third-order valence-corrected chi connectivity index (χ3v) is 3.35. The zero-order chi connectivity index (χ0) is 15.8. The van der Waals surface area contributed by atoms with Gasteiger partial charge in [-0.25, -0.2) is 13.8 Å². The fraction of sp³-hybridized carbons (Fsp3) is 0.562. The molecule has 1 fully saturated rings. The Balaban J connectivity index is 0.00000264. The summed E-state index contributed by atoms with van der Waals surface area (Å²) in [6, 6.07) is 3.39. The maximum atomic E-state index is 13.5. The van der Waals surface area contributed by atoms with E-state index in [9.17, 15) is 8.78 Å². The third kappa shape index (κ3) is 7.92. The number of nitrogens with zero attached hydrogens (tertiary/aromatic N) is 1. The molecule has 0 aliphatic heterocycles. The Hall–Kier alpha value is -0.960. The van der Waals surface area contributed by atoms with Gasteiger partial charge >= 0.3 is 0 Å². The van der Waals surface area contributed by atoms with Gasteiger partial charge in [-0.2, -0.15) is 0 Å². The van der Waals surface area contributed by atoms with Crippen molar-refractivity contribution in [3.63, 3.8) is 0 Å². The second-order valence-corrected chi connectivity index (χ2v) is 5.38. The fourth-order valence-corrected chi connectivity index (χ4v) is 1.95. The van der Waals surface area contributed by atoms with Crippen LogP contribution < -0.4 is 10.6 Å². The van der Waals surface area contributed by atoms with Gasteiger partial charge in [0.2, 0.25) is 0 Å². The number of hydrogen-bond donors (Lipinski definition) is 2. The summed E-state index contributed by atoms with van der Waals surface area (Å²) in [6.45, 7) is 4.79. The minimum Gasteiger partial charge on any atom is -0.379 e.